The van der Waals surface area contributed by atoms with E-state index in [9.17, 15) is 0 Å². The maximum atomic E-state index is 2.21. The van der Waals surface area contributed by atoms with E-state index >= 15 is 0 Å². The van der Waals surface area contributed by atoms with Crippen molar-refractivity contribution in [1.82, 2.24) is 0 Å². The van der Waals surface area contributed by atoms with Crippen molar-refractivity contribution in [2.45, 2.75) is 39.8 Å². The van der Waals surface area contributed by atoms with Gasteiger partial charge in [-0.2, -0.15) is 47.5 Å². The Kier molecular flexibility index (Phi) is 30.5. The van der Waals surface area contributed by atoms with E-state index in [4.69, 9.17) is 0 Å². The second-order valence-corrected chi connectivity index (χ2v) is 5.03. The largest absolute Gasteiger partial charge is 4.00 e. The van der Waals surface area contributed by atoms with E-state index in [0.717, 1.165) is 22.4 Å². The van der Waals surface area contributed by atoms with Gasteiger partial charge in [0.25, 0.3) is 0 Å². The molecule has 2 aromatic rings. The molecule has 111 valence electrons. The van der Waals surface area contributed by atoms with Crippen molar-refractivity contribution in [1.29, 1.82) is 0 Å². The molecule has 0 aromatic heterocycles. The maximum Gasteiger partial charge on any atom is 4.00 e. The summed E-state index contributed by atoms with van der Waals surface area (Å²) in [6.45, 7) is 8.74. The van der Waals surface area contributed by atoms with Gasteiger partial charge in [-0.25, -0.2) is 12.1 Å². The molecule has 0 fully saturated rings. The molecule has 0 bridgehead atoms. The van der Waals surface area contributed by atoms with Crippen LogP contribution in [0, 0.1) is 0 Å². The van der Waals surface area contributed by atoms with Crippen molar-refractivity contribution >= 4 is 9.52 Å². The SMILES string of the molecule is CCc1cc[cH-]c1.CCc1cc[cH-]c1.C[SiH]C.[Cl-].[Cl-].[Ti+4]. The number of aryl methyl sites for hydroxylation is 2. The zero-order chi connectivity index (χ0) is 12.9. The molecule has 0 heterocycles. The first-order chi connectivity index (χ1) is 8.28. The molecule has 2 aromatic carbocycles. The van der Waals surface area contributed by atoms with Crippen LogP contribution in [-0.2, 0) is 34.6 Å². The molecule has 0 aliphatic rings. The van der Waals surface area contributed by atoms with Crippen LogP contribution in [0.15, 0.2) is 48.5 Å². The fourth-order valence-corrected chi connectivity index (χ4v) is 1.30. The second-order valence-electron chi connectivity index (χ2n) is 3.87. The van der Waals surface area contributed by atoms with Gasteiger partial charge in [0.05, 0.1) is 0 Å². The van der Waals surface area contributed by atoms with Crippen molar-refractivity contribution in [3.63, 3.8) is 0 Å². The van der Waals surface area contributed by atoms with Crippen LogP contribution in [0.1, 0.15) is 25.0 Å². The molecule has 1 radical (unpaired) electrons. The smallest absolute Gasteiger partial charge is 1.00 e. The molecule has 0 amide bonds. The summed E-state index contributed by atoms with van der Waals surface area (Å²) in [6, 6.07) is 16.8. The predicted octanol–water partition coefficient (Wildman–Crippen LogP) is -1.54. The van der Waals surface area contributed by atoms with Crippen LogP contribution in [0.3, 0.4) is 0 Å². The van der Waals surface area contributed by atoms with Gasteiger partial charge in [-0.3, -0.25) is 0 Å². The van der Waals surface area contributed by atoms with Crippen LogP contribution in [0.2, 0.25) is 13.1 Å². The molecule has 2 rings (SSSR count). The van der Waals surface area contributed by atoms with Crippen molar-refractivity contribution in [2.24, 2.45) is 0 Å². The monoisotopic (exact) mass is 363 g/mol. The first-order valence-electron chi connectivity index (χ1n) is 6.43. The molecule has 4 heteroatoms. The summed E-state index contributed by atoms with van der Waals surface area (Å²) in [6.07, 6.45) is 2.32. The Labute approximate surface area is 155 Å². The molecule has 0 saturated heterocycles. The molecule has 20 heavy (non-hydrogen) atoms. The molecule has 0 atom stereocenters. The first kappa shape index (κ1) is 28.4. The average Bonchev–Trinajstić information content (AvgIpc) is 3.04. The number of hydrogen-bond donors (Lipinski definition) is 0. The topological polar surface area (TPSA) is 0 Å². The van der Waals surface area contributed by atoms with E-state index in [1.807, 2.05) is 0 Å². The van der Waals surface area contributed by atoms with Gasteiger partial charge in [0, 0.05) is 9.52 Å². The van der Waals surface area contributed by atoms with Crippen molar-refractivity contribution in [3.05, 3.63) is 59.7 Å². The third-order valence-electron chi connectivity index (χ3n) is 2.28. The van der Waals surface area contributed by atoms with Crippen molar-refractivity contribution in [3.8, 4) is 0 Å². The Morgan fingerprint density at radius 2 is 1.15 bits per heavy atom. The molecule has 0 spiro atoms. The molecule has 0 aliphatic carbocycles. The predicted molar refractivity (Wildman–Crippen MR) is 81.7 cm³/mol. The fraction of sp³-hybridized carbons (Fsp3) is 0.375. The van der Waals surface area contributed by atoms with Crippen molar-refractivity contribution in [2.75, 3.05) is 0 Å². The molecule has 0 nitrogen and oxygen atoms in total. The van der Waals surface area contributed by atoms with Gasteiger partial charge in [0.1, 0.15) is 0 Å². The standard InChI is InChI=1S/2C7H9.C2H7Si.2ClH.Ti/c2*1-2-7-5-3-4-6-7;1-3-2;;;/h2*3-6H,2H2,1H3;3H,1-2H3;2*1H;/q2*-1;;;;+4/p-2. The van der Waals surface area contributed by atoms with Crippen LogP contribution in [0.25, 0.3) is 0 Å². The minimum absolute atomic E-state index is 0. The normalized spacial score (nSPS) is 7.40. The fourth-order valence-electron chi connectivity index (χ4n) is 1.30. The molecule has 0 aliphatic heterocycles. The molecule has 0 N–H and O–H groups in total. The quantitative estimate of drug-likeness (QED) is 0.448. The summed E-state index contributed by atoms with van der Waals surface area (Å²) in [4.78, 5) is 0. The first-order valence-corrected chi connectivity index (χ1v) is 8.74. The zero-order valence-electron chi connectivity index (χ0n) is 12.9. The van der Waals surface area contributed by atoms with Crippen LogP contribution in [0.5, 0.6) is 0 Å². The number of halogens is 2. The number of hydrogen-bond acceptors (Lipinski definition) is 0. The van der Waals surface area contributed by atoms with Crippen LogP contribution in [0.4, 0.5) is 0 Å². The summed E-state index contributed by atoms with van der Waals surface area (Å²) >= 11 is 0. The molecule has 0 saturated carbocycles. The van der Waals surface area contributed by atoms with Gasteiger partial charge in [0.2, 0.25) is 0 Å². The Morgan fingerprint density at radius 3 is 1.25 bits per heavy atom. The van der Waals surface area contributed by atoms with E-state index in [-0.39, 0.29) is 46.5 Å². The summed E-state index contributed by atoms with van der Waals surface area (Å²) in [5, 5.41) is 0. The summed E-state index contributed by atoms with van der Waals surface area (Å²) in [5.74, 6) is 0. The summed E-state index contributed by atoms with van der Waals surface area (Å²) < 4.78 is 0. The van der Waals surface area contributed by atoms with Gasteiger partial charge in [-0.15, -0.1) is 0 Å². The van der Waals surface area contributed by atoms with E-state index < -0.39 is 0 Å². The molecular formula is C16H25Cl2SiTi. The van der Waals surface area contributed by atoms with Gasteiger partial charge in [-0.05, 0) is 0 Å². The summed E-state index contributed by atoms with van der Waals surface area (Å²) in [5.41, 5.74) is 2.86. The van der Waals surface area contributed by atoms with Gasteiger partial charge < -0.3 is 24.8 Å². The minimum atomic E-state index is 0. The van der Waals surface area contributed by atoms with Gasteiger partial charge in [-0.1, -0.05) is 39.8 Å². The third kappa shape index (κ3) is 16.3. The van der Waals surface area contributed by atoms with E-state index in [2.05, 4.69) is 75.5 Å². The van der Waals surface area contributed by atoms with Crippen LogP contribution < -0.4 is 24.8 Å². The second kappa shape index (κ2) is 21.5. The van der Waals surface area contributed by atoms with E-state index in [1.165, 1.54) is 11.1 Å². The van der Waals surface area contributed by atoms with E-state index in [0.29, 0.717) is 0 Å². The van der Waals surface area contributed by atoms with Crippen molar-refractivity contribution < 1.29 is 46.5 Å². The van der Waals surface area contributed by atoms with E-state index in [1.54, 1.807) is 0 Å². The Hall–Kier alpha value is 0.211. The maximum absolute atomic E-state index is 2.21. The zero-order valence-corrected chi connectivity index (χ0v) is 17.1. The Morgan fingerprint density at radius 1 is 0.850 bits per heavy atom. The Balaban J connectivity index is -0.0000000956. The third-order valence-corrected chi connectivity index (χ3v) is 2.28. The minimum Gasteiger partial charge on any atom is -1.00 e. The molecular weight excluding hydrogens is 339 g/mol. The Bertz CT molecular complexity index is 297. The van der Waals surface area contributed by atoms with Gasteiger partial charge in [0.15, 0.2) is 0 Å². The molecule has 0 unspecified atom stereocenters. The van der Waals surface area contributed by atoms with Crippen LogP contribution >= 0.6 is 0 Å². The number of rotatable bonds is 2. The summed E-state index contributed by atoms with van der Waals surface area (Å²) in [7, 11) is 0.750. The van der Waals surface area contributed by atoms with Crippen LogP contribution in [-0.4, -0.2) is 9.52 Å². The average molecular weight is 364 g/mol. The van der Waals surface area contributed by atoms with Gasteiger partial charge >= 0.3 is 21.7 Å².